The summed E-state index contributed by atoms with van der Waals surface area (Å²) in [5, 5.41) is 6.36. The van der Waals surface area contributed by atoms with Crippen molar-refractivity contribution >= 4 is 34.7 Å². The molecule has 0 unspecified atom stereocenters. The number of aryl methyl sites for hydroxylation is 1. The molecule has 28 heavy (non-hydrogen) atoms. The number of nitrogens with one attached hydrogen (secondary N) is 2. The molecule has 2 N–H and O–H groups in total. The number of pyridine rings is 1. The quantitative estimate of drug-likeness (QED) is 0.557. The van der Waals surface area contributed by atoms with Crippen molar-refractivity contribution in [2.24, 2.45) is 0 Å². The predicted molar refractivity (Wildman–Crippen MR) is 111 cm³/mol. The Morgan fingerprint density at radius 2 is 1.96 bits per heavy atom. The minimum atomic E-state index is -0.130. The number of rotatable bonds is 8. The minimum absolute atomic E-state index is 0.0346. The van der Waals surface area contributed by atoms with E-state index in [9.17, 15) is 9.59 Å². The molecule has 0 saturated heterocycles. The van der Waals surface area contributed by atoms with Gasteiger partial charge in [0.05, 0.1) is 5.69 Å². The van der Waals surface area contributed by atoms with Crippen LogP contribution in [0.5, 0.6) is 0 Å². The van der Waals surface area contributed by atoms with Crippen molar-refractivity contribution in [3.8, 4) is 0 Å². The van der Waals surface area contributed by atoms with Crippen LogP contribution >= 0.6 is 11.6 Å². The van der Waals surface area contributed by atoms with Gasteiger partial charge in [-0.1, -0.05) is 30.2 Å². The van der Waals surface area contributed by atoms with Crippen molar-refractivity contribution in [1.82, 2.24) is 14.7 Å². The van der Waals surface area contributed by atoms with Crippen molar-refractivity contribution < 1.29 is 9.59 Å². The number of nitrogens with zero attached hydrogens (tertiary/aromatic N) is 2. The Hall–Kier alpha value is -2.86. The number of fused-ring (bicyclic) bond motifs is 1. The second kappa shape index (κ2) is 9.37. The highest BCUT2D eigenvalue weighted by Gasteiger charge is 2.15. The van der Waals surface area contributed by atoms with E-state index in [-0.39, 0.29) is 11.8 Å². The van der Waals surface area contributed by atoms with Gasteiger partial charge in [-0.25, -0.2) is 4.98 Å². The van der Waals surface area contributed by atoms with Crippen LogP contribution in [-0.2, 0) is 4.79 Å². The first-order valence-electron chi connectivity index (χ1n) is 9.32. The summed E-state index contributed by atoms with van der Waals surface area (Å²) in [5.74, 6) is -0.164. The fourth-order valence-electron chi connectivity index (χ4n) is 3.05. The standard InChI is InChI=1S/C21H23ClN4O2/c1-15-20(26-13-6-4-10-18(26)24-15)21(28)23-12-5-2-3-11-19(27)25-17-9-7-8-16(22)14-17/h4,6-10,13-14H,2-3,5,11-12H2,1H3,(H,23,28)(H,25,27). The Kier molecular flexibility index (Phi) is 6.66. The van der Waals surface area contributed by atoms with Crippen LogP contribution in [0.25, 0.3) is 5.65 Å². The number of halogens is 1. The topological polar surface area (TPSA) is 75.5 Å². The molecule has 0 atom stereocenters. The lowest BCUT2D eigenvalue weighted by atomic mass is 10.2. The van der Waals surface area contributed by atoms with Gasteiger partial charge in [0.2, 0.25) is 5.91 Å². The van der Waals surface area contributed by atoms with Gasteiger partial charge in [-0.05, 0) is 50.1 Å². The maximum absolute atomic E-state index is 12.5. The summed E-state index contributed by atoms with van der Waals surface area (Å²) in [4.78, 5) is 28.8. The minimum Gasteiger partial charge on any atom is -0.351 e. The molecule has 0 fully saturated rings. The Morgan fingerprint density at radius 1 is 1.11 bits per heavy atom. The van der Waals surface area contributed by atoms with Crippen LogP contribution < -0.4 is 10.6 Å². The lowest BCUT2D eigenvalue weighted by Crippen LogP contribution is -2.26. The summed E-state index contributed by atoms with van der Waals surface area (Å²) in [6.07, 6.45) is 4.70. The molecule has 2 aromatic heterocycles. The first-order valence-corrected chi connectivity index (χ1v) is 9.69. The fourth-order valence-corrected chi connectivity index (χ4v) is 3.24. The highest BCUT2D eigenvalue weighted by Crippen LogP contribution is 2.15. The third kappa shape index (κ3) is 5.10. The molecule has 6 nitrogen and oxygen atoms in total. The molecule has 0 aliphatic rings. The number of anilines is 1. The van der Waals surface area contributed by atoms with Crippen LogP contribution in [0.4, 0.5) is 5.69 Å². The van der Waals surface area contributed by atoms with Crippen LogP contribution in [0, 0.1) is 6.92 Å². The largest absolute Gasteiger partial charge is 0.351 e. The maximum atomic E-state index is 12.5. The van der Waals surface area contributed by atoms with Crippen molar-refractivity contribution in [2.75, 3.05) is 11.9 Å². The van der Waals surface area contributed by atoms with E-state index >= 15 is 0 Å². The monoisotopic (exact) mass is 398 g/mol. The molecule has 146 valence electrons. The normalized spacial score (nSPS) is 10.8. The number of imidazole rings is 1. The van der Waals surface area contributed by atoms with E-state index < -0.39 is 0 Å². The average Bonchev–Trinajstić information content (AvgIpc) is 3.00. The number of unbranched alkanes of at least 4 members (excludes halogenated alkanes) is 2. The molecule has 0 bridgehead atoms. The Balaban J connectivity index is 1.37. The Morgan fingerprint density at radius 3 is 2.79 bits per heavy atom. The summed E-state index contributed by atoms with van der Waals surface area (Å²) in [7, 11) is 0. The first-order chi connectivity index (χ1) is 13.5. The number of hydrogen-bond acceptors (Lipinski definition) is 3. The Labute approximate surface area is 168 Å². The molecule has 0 saturated carbocycles. The van der Waals surface area contributed by atoms with Crippen LogP contribution in [0.2, 0.25) is 5.02 Å². The van der Waals surface area contributed by atoms with Crippen LogP contribution in [0.15, 0.2) is 48.7 Å². The van der Waals surface area contributed by atoms with Crippen LogP contribution in [0.1, 0.15) is 41.9 Å². The third-order valence-corrected chi connectivity index (χ3v) is 4.63. The maximum Gasteiger partial charge on any atom is 0.270 e. The summed E-state index contributed by atoms with van der Waals surface area (Å²) in [5.41, 5.74) is 2.74. The van der Waals surface area contributed by atoms with Crippen molar-refractivity contribution in [2.45, 2.75) is 32.6 Å². The Bertz CT molecular complexity index is 983. The van der Waals surface area contributed by atoms with Gasteiger partial charge in [0, 0.05) is 29.9 Å². The van der Waals surface area contributed by atoms with Gasteiger partial charge >= 0.3 is 0 Å². The first kappa shape index (κ1) is 19.9. The predicted octanol–water partition coefficient (Wildman–Crippen LogP) is 4.23. The molecule has 1 aromatic carbocycles. The van der Waals surface area contributed by atoms with Crippen molar-refractivity contribution in [3.63, 3.8) is 0 Å². The number of aromatic nitrogens is 2. The van der Waals surface area contributed by atoms with E-state index in [2.05, 4.69) is 15.6 Å². The number of carbonyl (C=O) groups is 2. The van der Waals surface area contributed by atoms with E-state index in [0.29, 0.717) is 35.1 Å². The van der Waals surface area contributed by atoms with Crippen molar-refractivity contribution in [1.29, 1.82) is 0 Å². The zero-order chi connectivity index (χ0) is 19.9. The van der Waals surface area contributed by atoms with Gasteiger partial charge in [-0.2, -0.15) is 0 Å². The van der Waals surface area contributed by atoms with Crippen LogP contribution in [0.3, 0.4) is 0 Å². The molecular weight excluding hydrogens is 376 g/mol. The second-order valence-electron chi connectivity index (χ2n) is 6.60. The lowest BCUT2D eigenvalue weighted by Gasteiger charge is -2.07. The van der Waals surface area contributed by atoms with E-state index in [4.69, 9.17) is 11.6 Å². The zero-order valence-corrected chi connectivity index (χ0v) is 16.5. The van der Waals surface area contributed by atoms with E-state index in [1.54, 1.807) is 28.7 Å². The molecule has 0 aliphatic heterocycles. The van der Waals surface area contributed by atoms with E-state index in [1.807, 2.05) is 31.3 Å². The molecule has 3 rings (SSSR count). The highest BCUT2D eigenvalue weighted by molar-refractivity contribution is 6.30. The molecular formula is C21H23ClN4O2. The van der Waals surface area contributed by atoms with Gasteiger partial charge in [0.1, 0.15) is 11.3 Å². The van der Waals surface area contributed by atoms with E-state index in [1.165, 1.54) is 0 Å². The fraction of sp³-hybridized carbons (Fsp3) is 0.286. The smallest absolute Gasteiger partial charge is 0.270 e. The summed E-state index contributed by atoms with van der Waals surface area (Å²) < 4.78 is 1.80. The van der Waals surface area contributed by atoms with Gasteiger partial charge in [0.15, 0.2) is 0 Å². The summed E-state index contributed by atoms with van der Waals surface area (Å²) >= 11 is 5.90. The summed E-state index contributed by atoms with van der Waals surface area (Å²) in [6.45, 7) is 2.40. The number of hydrogen-bond donors (Lipinski definition) is 2. The third-order valence-electron chi connectivity index (χ3n) is 4.39. The number of carbonyl (C=O) groups excluding carboxylic acids is 2. The number of benzene rings is 1. The highest BCUT2D eigenvalue weighted by atomic mass is 35.5. The van der Waals surface area contributed by atoms with Gasteiger partial charge < -0.3 is 10.6 Å². The van der Waals surface area contributed by atoms with Gasteiger partial charge in [-0.3, -0.25) is 14.0 Å². The SMILES string of the molecule is Cc1nc2ccccn2c1C(=O)NCCCCCC(=O)Nc1cccc(Cl)c1. The molecule has 0 aliphatic carbocycles. The molecule has 7 heteroatoms. The van der Waals surface area contributed by atoms with Crippen molar-refractivity contribution in [3.05, 3.63) is 65.1 Å². The molecule has 2 heterocycles. The molecule has 0 radical (unpaired) electrons. The molecule has 0 spiro atoms. The zero-order valence-electron chi connectivity index (χ0n) is 15.7. The molecule has 3 aromatic rings. The lowest BCUT2D eigenvalue weighted by molar-refractivity contribution is -0.116. The average molecular weight is 399 g/mol. The van der Waals surface area contributed by atoms with E-state index in [0.717, 1.165) is 24.9 Å². The van der Waals surface area contributed by atoms with Gasteiger partial charge in [-0.15, -0.1) is 0 Å². The molecule has 2 amide bonds. The summed E-state index contributed by atoms with van der Waals surface area (Å²) in [6, 6.07) is 12.7. The van der Waals surface area contributed by atoms with Gasteiger partial charge in [0.25, 0.3) is 5.91 Å². The van der Waals surface area contributed by atoms with Crippen LogP contribution in [-0.4, -0.2) is 27.7 Å². The second-order valence-corrected chi connectivity index (χ2v) is 7.04. The number of amides is 2.